The number of rotatable bonds is 7. The molecule has 0 aliphatic heterocycles. The molecule has 1 unspecified atom stereocenters. The van der Waals surface area contributed by atoms with Crippen LogP contribution in [0.25, 0.3) is 10.8 Å². The van der Waals surface area contributed by atoms with Crippen LogP contribution in [0.1, 0.15) is 13.3 Å². The van der Waals surface area contributed by atoms with Crippen molar-refractivity contribution in [3.05, 3.63) is 42.5 Å². The van der Waals surface area contributed by atoms with Gasteiger partial charge in [-0.1, -0.05) is 37.3 Å². The number of hydrogen-bond acceptors (Lipinski definition) is 3. The largest absolute Gasteiger partial charge is 0.492 e. The Bertz CT molecular complexity index is 612. The topological polar surface area (TPSA) is 49.8 Å². The summed E-state index contributed by atoms with van der Waals surface area (Å²) < 4.78 is 5.72. The number of aliphatic carboxylic acids is 1. The van der Waals surface area contributed by atoms with E-state index in [9.17, 15) is 4.79 Å². The van der Waals surface area contributed by atoms with Crippen LogP contribution >= 0.6 is 0 Å². The van der Waals surface area contributed by atoms with Crippen molar-refractivity contribution in [3.8, 4) is 5.75 Å². The third-order valence-corrected chi connectivity index (χ3v) is 3.64. The van der Waals surface area contributed by atoms with Gasteiger partial charge in [-0.2, -0.15) is 0 Å². The molecule has 2 rings (SSSR count). The van der Waals surface area contributed by atoms with Gasteiger partial charge in [-0.3, -0.25) is 9.69 Å². The molecule has 0 saturated heterocycles. The van der Waals surface area contributed by atoms with E-state index in [4.69, 9.17) is 9.84 Å². The van der Waals surface area contributed by atoms with E-state index in [0.717, 1.165) is 11.1 Å². The molecule has 0 fully saturated rings. The van der Waals surface area contributed by atoms with Gasteiger partial charge in [-0.25, -0.2) is 0 Å². The summed E-state index contributed by atoms with van der Waals surface area (Å²) >= 11 is 0. The highest BCUT2D eigenvalue weighted by Gasteiger charge is 2.19. The van der Waals surface area contributed by atoms with Crippen molar-refractivity contribution in [1.29, 1.82) is 0 Å². The molecule has 112 valence electrons. The summed E-state index contributed by atoms with van der Waals surface area (Å²) in [4.78, 5) is 12.9. The number of carboxylic acids is 1. The van der Waals surface area contributed by atoms with Crippen LogP contribution in [0.4, 0.5) is 0 Å². The number of nitrogens with zero attached hydrogens (tertiary/aromatic N) is 1. The van der Waals surface area contributed by atoms with Crippen LogP contribution in [-0.2, 0) is 4.79 Å². The second-order valence-corrected chi connectivity index (χ2v) is 5.10. The number of ether oxygens (including phenoxy) is 1. The maximum Gasteiger partial charge on any atom is 0.320 e. The molecule has 0 heterocycles. The first-order valence-corrected chi connectivity index (χ1v) is 7.16. The lowest BCUT2D eigenvalue weighted by molar-refractivity contribution is -0.143. The lowest BCUT2D eigenvalue weighted by Crippen LogP contribution is -2.40. The summed E-state index contributed by atoms with van der Waals surface area (Å²) in [7, 11) is 1.81. The average Bonchev–Trinajstić information content (AvgIpc) is 2.47. The monoisotopic (exact) mass is 287 g/mol. The SMILES string of the molecule is CCC(C(=O)O)N(C)CCOc1ccc2ccccc2c1. The Hall–Kier alpha value is -2.07. The van der Waals surface area contributed by atoms with Gasteiger partial charge in [0.25, 0.3) is 0 Å². The number of fused-ring (bicyclic) bond motifs is 1. The highest BCUT2D eigenvalue weighted by Crippen LogP contribution is 2.20. The molecule has 21 heavy (non-hydrogen) atoms. The Morgan fingerprint density at radius 3 is 2.62 bits per heavy atom. The van der Waals surface area contributed by atoms with Gasteiger partial charge >= 0.3 is 5.97 Å². The first-order valence-electron chi connectivity index (χ1n) is 7.16. The molecule has 2 aromatic carbocycles. The number of carboxylic acid groups (broad SMARTS) is 1. The number of benzene rings is 2. The minimum atomic E-state index is -0.786. The molecule has 0 bridgehead atoms. The van der Waals surface area contributed by atoms with Gasteiger partial charge in [-0.05, 0) is 36.4 Å². The molecule has 0 amide bonds. The van der Waals surface area contributed by atoms with Crippen LogP contribution in [0.5, 0.6) is 5.75 Å². The van der Waals surface area contributed by atoms with Crippen LogP contribution in [-0.4, -0.2) is 42.2 Å². The molecule has 0 saturated carbocycles. The molecule has 0 radical (unpaired) electrons. The van der Waals surface area contributed by atoms with Crippen LogP contribution in [0.15, 0.2) is 42.5 Å². The van der Waals surface area contributed by atoms with Crippen molar-refractivity contribution >= 4 is 16.7 Å². The maximum absolute atomic E-state index is 11.1. The van der Waals surface area contributed by atoms with E-state index in [1.807, 2.05) is 55.3 Å². The van der Waals surface area contributed by atoms with Crippen LogP contribution in [0.3, 0.4) is 0 Å². The third-order valence-electron chi connectivity index (χ3n) is 3.64. The molecule has 2 aromatic rings. The standard InChI is InChI=1S/C17H21NO3/c1-3-16(17(19)20)18(2)10-11-21-15-9-8-13-6-4-5-7-14(13)12-15/h4-9,12,16H,3,10-11H2,1-2H3,(H,19,20). The zero-order chi connectivity index (χ0) is 15.2. The van der Waals surface area contributed by atoms with Crippen molar-refractivity contribution in [2.24, 2.45) is 0 Å². The molecule has 0 aromatic heterocycles. The van der Waals surface area contributed by atoms with Crippen LogP contribution in [0.2, 0.25) is 0 Å². The Morgan fingerprint density at radius 1 is 1.24 bits per heavy atom. The number of hydrogen-bond donors (Lipinski definition) is 1. The fourth-order valence-corrected chi connectivity index (χ4v) is 2.40. The van der Waals surface area contributed by atoms with Crippen molar-refractivity contribution in [2.75, 3.05) is 20.2 Å². The Labute approximate surface area is 124 Å². The molecular formula is C17H21NO3. The lowest BCUT2D eigenvalue weighted by Gasteiger charge is -2.23. The Kier molecular flexibility index (Phi) is 5.17. The summed E-state index contributed by atoms with van der Waals surface area (Å²) in [5.74, 6) is 0.0242. The van der Waals surface area contributed by atoms with Crippen molar-refractivity contribution in [2.45, 2.75) is 19.4 Å². The summed E-state index contributed by atoms with van der Waals surface area (Å²) in [6, 6.07) is 13.6. The molecule has 0 aliphatic carbocycles. The van der Waals surface area contributed by atoms with Crippen LogP contribution < -0.4 is 4.74 Å². The average molecular weight is 287 g/mol. The van der Waals surface area contributed by atoms with Gasteiger partial charge in [-0.15, -0.1) is 0 Å². The van der Waals surface area contributed by atoms with Gasteiger partial charge in [0.1, 0.15) is 18.4 Å². The quantitative estimate of drug-likeness (QED) is 0.850. The van der Waals surface area contributed by atoms with E-state index in [-0.39, 0.29) is 0 Å². The van der Waals surface area contributed by atoms with E-state index in [1.54, 1.807) is 0 Å². The number of carbonyl (C=O) groups is 1. The van der Waals surface area contributed by atoms with Gasteiger partial charge in [0.15, 0.2) is 0 Å². The van der Waals surface area contributed by atoms with E-state index in [2.05, 4.69) is 6.07 Å². The van der Waals surface area contributed by atoms with E-state index in [0.29, 0.717) is 19.6 Å². The fraction of sp³-hybridized carbons (Fsp3) is 0.353. The summed E-state index contributed by atoms with van der Waals surface area (Å²) in [6.45, 7) is 2.93. The second kappa shape index (κ2) is 7.09. The van der Waals surface area contributed by atoms with Crippen molar-refractivity contribution < 1.29 is 14.6 Å². The minimum absolute atomic E-state index is 0.454. The molecule has 1 N–H and O–H groups in total. The van der Waals surface area contributed by atoms with Crippen molar-refractivity contribution in [1.82, 2.24) is 4.90 Å². The minimum Gasteiger partial charge on any atom is -0.492 e. The Balaban J connectivity index is 1.91. The predicted molar refractivity (Wildman–Crippen MR) is 83.8 cm³/mol. The lowest BCUT2D eigenvalue weighted by atomic mass is 10.1. The van der Waals surface area contributed by atoms with Gasteiger partial charge < -0.3 is 9.84 Å². The highest BCUT2D eigenvalue weighted by molar-refractivity contribution is 5.83. The number of likely N-dealkylation sites (N-methyl/N-ethyl adjacent to an activating group) is 1. The zero-order valence-electron chi connectivity index (χ0n) is 12.5. The first-order chi connectivity index (χ1) is 10.1. The van der Waals surface area contributed by atoms with Gasteiger partial charge in [0, 0.05) is 6.54 Å². The molecule has 1 atom stereocenters. The highest BCUT2D eigenvalue weighted by atomic mass is 16.5. The summed E-state index contributed by atoms with van der Waals surface area (Å²) in [6.07, 6.45) is 0.585. The molecule has 4 nitrogen and oxygen atoms in total. The maximum atomic E-state index is 11.1. The third kappa shape index (κ3) is 3.95. The summed E-state index contributed by atoms with van der Waals surface area (Å²) in [5.41, 5.74) is 0. The zero-order valence-corrected chi connectivity index (χ0v) is 12.5. The summed E-state index contributed by atoms with van der Waals surface area (Å²) in [5, 5.41) is 11.4. The van der Waals surface area contributed by atoms with Crippen molar-refractivity contribution in [3.63, 3.8) is 0 Å². The molecular weight excluding hydrogens is 266 g/mol. The first kappa shape index (κ1) is 15.3. The van der Waals surface area contributed by atoms with Crippen LogP contribution in [0, 0.1) is 0 Å². The molecule has 4 heteroatoms. The fourth-order valence-electron chi connectivity index (χ4n) is 2.40. The van der Waals surface area contributed by atoms with E-state index >= 15 is 0 Å². The smallest absolute Gasteiger partial charge is 0.320 e. The van der Waals surface area contributed by atoms with Gasteiger partial charge in [0.05, 0.1) is 0 Å². The normalized spacial score (nSPS) is 12.5. The Morgan fingerprint density at radius 2 is 1.95 bits per heavy atom. The molecule has 0 spiro atoms. The van der Waals surface area contributed by atoms with E-state index < -0.39 is 12.0 Å². The predicted octanol–water partition coefficient (Wildman–Crippen LogP) is 3.01. The van der Waals surface area contributed by atoms with Gasteiger partial charge in [0.2, 0.25) is 0 Å². The van der Waals surface area contributed by atoms with E-state index in [1.165, 1.54) is 5.39 Å². The second-order valence-electron chi connectivity index (χ2n) is 5.10. The molecule has 0 aliphatic rings.